The normalized spacial score (nSPS) is 27.8. The van der Waals surface area contributed by atoms with Gasteiger partial charge >= 0.3 is 0 Å². The average molecular weight is 279 g/mol. The van der Waals surface area contributed by atoms with E-state index in [1.807, 2.05) is 12.1 Å². The molecule has 5 heteroatoms. The molecule has 0 N–H and O–H groups in total. The quantitative estimate of drug-likeness (QED) is 0.849. The van der Waals surface area contributed by atoms with Gasteiger partial charge in [0.15, 0.2) is 0 Å². The Morgan fingerprint density at radius 2 is 2.21 bits per heavy atom. The zero-order valence-electron chi connectivity index (χ0n) is 11.4. The van der Waals surface area contributed by atoms with E-state index >= 15 is 0 Å². The predicted molar refractivity (Wildman–Crippen MR) is 77.5 cm³/mol. The molecule has 0 amide bonds. The molecule has 1 aromatic heterocycles. The van der Waals surface area contributed by atoms with Crippen molar-refractivity contribution in [2.75, 3.05) is 19.4 Å². The third-order valence-electron chi connectivity index (χ3n) is 4.12. The van der Waals surface area contributed by atoms with E-state index in [0.717, 1.165) is 23.5 Å². The first kappa shape index (κ1) is 13.2. The van der Waals surface area contributed by atoms with Gasteiger partial charge in [0.05, 0.1) is 12.8 Å². The van der Waals surface area contributed by atoms with Crippen molar-refractivity contribution in [2.24, 2.45) is 0 Å². The van der Waals surface area contributed by atoms with Crippen molar-refractivity contribution >= 4 is 11.8 Å². The summed E-state index contributed by atoms with van der Waals surface area (Å²) in [5, 5.41) is 9.16. The first-order chi connectivity index (χ1) is 9.36. The molecular formula is C14H21N3OS. The van der Waals surface area contributed by atoms with Crippen LogP contribution in [0.1, 0.15) is 31.4 Å². The number of nitrogens with zero attached hydrogens (tertiary/aromatic N) is 3. The van der Waals surface area contributed by atoms with Crippen molar-refractivity contribution in [1.82, 2.24) is 15.1 Å². The van der Waals surface area contributed by atoms with Gasteiger partial charge in [-0.3, -0.25) is 4.90 Å². The monoisotopic (exact) mass is 279 g/mol. The predicted octanol–water partition coefficient (Wildman–Crippen LogP) is 2.35. The van der Waals surface area contributed by atoms with Crippen molar-refractivity contribution < 1.29 is 4.74 Å². The number of fused-ring (bicyclic) bond motifs is 1. The number of hydrogen-bond acceptors (Lipinski definition) is 5. The van der Waals surface area contributed by atoms with Gasteiger partial charge in [-0.2, -0.15) is 16.9 Å². The number of hydrogen-bond donors (Lipinski definition) is 0. The van der Waals surface area contributed by atoms with Gasteiger partial charge in [0.25, 0.3) is 0 Å². The number of rotatable bonds is 3. The molecule has 2 fully saturated rings. The minimum atomic E-state index is 0.591. The fourth-order valence-corrected chi connectivity index (χ4v) is 4.63. The standard InChI is InChI=1S/C14H21N3OS/c1-18-14-7-6-11(15-16-14)10-17-8-9-19-13-5-3-2-4-12(13)17/h6-7,12-13H,2-5,8-10H2,1H3/t12-,13+/m0/s1. The third kappa shape index (κ3) is 3.03. The van der Waals surface area contributed by atoms with Gasteiger partial charge in [0.1, 0.15) is 0 Å². The molecule has 3 rings (SSSR count). The fraction of sp³-hybridized carbons (Fsp3) is 0.714. The van der Waals surface area contributed by atoms with Crippen LogP contribution in [0.25, 0.3) is 0 Å². The zero-order valence-corrected chi connectivity index (χ0v) is 12.2. The maximum atomic E-state index is 5.05. The minimum absolute atomic E-state index is 0.591. The lowest BCUT2D eigenvalue weighted by molar-refractivity contribution is 0.153. The largest absolute Gasteiger partial charge is 0.480 e. The molecule has 1 saturated carbocycles. The fourth-order valence-electron chi connectivity index (χ4n) is 3.12. The Labute approximate surface area is 118 Å². The second-order valence-electron chi connectivity index (χ2n) is 5.30. The summed E-state index contributed by atoms with van der Waals surface area (Å²) < 4.78 is 5.05. The molecule has 1 saturated heterocycles. The topological polar surface area (TPSA) is 38.2 Å². The lowest BCUT2D eigenvalue weighted by Crippen LogP contribution is -2.48. The summed E-state index contributed by atoms with van der Waals surface area (Å²) in [4.78, 5) is 2.61. The van der Waals surface area contributed by atoms with Crippen molar-refractivity contribution in [3.63, 3.8) is 0 Å². The van der Waals surface area contributed by atoms with Gasteiger partial charge in [-0.15, -0.1) is 5.10 Å². The number of thioether (sulfide) groups is 1. The van der Waals surface area contributed by atoms with Crippen LogP contribution in [0.15, 0.2) is 12.1 Å². The van der Waals surface area contributed by atoms with Gasteiger partial charge in [-0.1, -0.05) is 12.8 Å². The summed E-state index contributed by atoms with van der Waals surface area (Å²) in [7, 11) is 1.62. The van der Waals surface area contributed by atoms with Gasteiger partial charge in [0.2, 0.25) is 5.88 Å². The average Bonchev–Trinajstić information content (AvgIpc) is 2.48. The number of methoxy groups -OCH3 is 1. The van der Waals surface area contributed by atoms with Crippen LogP contribution in [-0.2, 0) is 6.54 Å². The Hall–Kier alpha value is -0.810. The Bertz CT molecular complexity index is 410. The number of ether oxygens (including phenoxy) is 1. The molecule has 1 aliphatic carbocycles. The molecule has 2 atom stereocenters. The zero-order chi connectivity index (χ0) is 13.1. The number of aromatic nitrogens is 2. The first-order valence-electron chi connectivity index (χ1n) is 7.09. The molecule has 1 aromatic rings. The van der Waals surface area contributed by atoms with Crippen LogP contribution in [0.5, 0.6) is 5.88 Å². The van der Waals surface area contributed by atoms with Gasteiger partial charge < -0.3 is 4.74 Å². The van der Waals surface area contributed by atoms with Crippen LogP contribution in [0.2, 0.25) is 0 Å². The maximum absolute atomic E-state index is 5.05. The molecule has 104 valence electrons. The van der Waals surface area contributed by atoms with Gasteiger partial charge in [0, 0.05) is 36.2 Å². The molecular weight excluding hydrogens is 258 g/mol. The summed E-state index contributed by atoms with van der Waals surface area (Å²) in [5.74, 6) is 1.85. The molecule has 2 aliphatic rings. The van der Waals surface area contributed by atoms with Gasteiger partial charge in [-0.05, 0) is 18.9 Å². The van der Waals surface area contributed by atoms with E-state index in [1.165, 1.54) is 38.0 Å². The highest BCUT2D eigenvalue weighted by atomic mass is 32.2. The van der Waals surface area contributed by atoms with E-state index in [2.05, 4.69) is 26.9 Å². The van der Waals surface area contributed by atoms with Crippen molar-refractivity contribution in [2.45, 2.75) is 43.5 Å². The van der Waals surface area contributed by atoms with Crippen LogP contribution in [0.4, 0.5) is 0 Å². The summed E-state index contributed by atoms with van der Waals surface area (Å²) in [6, 6.07) is 4.68. The molecule has 4 nitrogen and oxygen atoms in total. The second-order valence-corrected chi connectivity index (χ2v) is 6.65. The molecule has 0 unspecified atom stereocenters. The van der Waals surface area contributed by atoms with E-state index in [-0.39, 0.29) is 0 Å². The molecule has 19 heavy (non-hydrogen) atoms. The van der Waals surface area contributed by atoms with Crippen molar-refractivity contribution in [1.29, 1.82) is 0 Å². The molecule has 1 aliphatic heterocycles. The summed E-state index contributed by atoms with van der Waals surface area (Å²) in [6.45, 7) is 2.11. The summed E-state index contributed by atoms with van der Waals surface area (Å²) in [5.41, 5.74) is 1.05. The lowest BCUT2D eigenvalue weighted by atomic mass is 9.93. The Kier molecular flexibility index (Phi) is 4.23. The van der Waals surface area contributed by atoms with Gasteiger partial charge in [-0.25, -0.2) is 0 Å². The molecule has 0 bridgehead atoms. The van der Waals surface area contributed by atoms with E-state index in [9.17, 15) is 0 Å². The second kappa shape index (κ2) is 6.09. The Morgan fingerprint density at radius 1 is 1.32 bits per heavy atom. The van der Waals surface area contributed by atoms with E-state index in [4.69, 9.17) is 4.74 Å². The SMILES string of the molecule is COc1ccc(CN2CCS[C@@H]3CCCC[C@@H]32)nn1. The highest BCUT2D eigenvalue weighted by Crippen LogP contribution is 2.35. The first-order valence-corrected chi connectivity index (χ1v) is 8.14. The van der Waals surface area contributed by atoms with Crippen LogP contribution in [-0.4, -0.2) is 45.8 Å². The Morgan fingerprint density at radius 3 is 3.00 bits per heavy atom. The van der Waals surface area contributed by atoms with Crippen LogP contribution in [0, 0.1) is 0 Å². The highest BCUT2D eigenvalue weighted by molar-refractivity contribution is 8.00. The molecule has 0 radical (unpaired) electrons. The molecule has 0 spiro atoms. The third-order valence-corrected chi connectivity index (χ3v) is 5.51. The van der Waals surface area contributed by atoms with E-state index in [0.29, 0.717) is 5.88 Å². The van der Waals surface area contributed by atoms with Crippen LogP contribution < -0.4 is 4.74 Å². The molecule has 0 aromatic carbocycles. The Balaban J connectivity index is 1.66. The van der Waals surface area contributed by atoms with E-state index < -0.39 is 0 Å². The van der Waals surface area contributed by atoms with E-state index in [1.54, 1.807) is 7.11 Å². The van der Waals surface area contributed by atoms with Crippen LogP contribution in [0.3, 0.4) is 0 Å². The smallest absolute Gasteiger partial charge is 0.233 e. The summed E-state index contributed by atoms with van der Waals surface area (Å²) >= 11 is 2.17. The minimum Gasteiger partial charge on any atom is -0.480 e. The lowest BCUT2D eigenvalue weighted by Gasteiger charge is -2.43. The van der Waals surface area contributed by atoms with Crippen LogP contribution >= 0.6 is 11.8 Å². The van der Waals surface area contributed by atoms with Crippen molar-refractivity contribution in [3.8, 4) is 5.88 Å². The highest BCUT2D eigenvalue weighted by Gasteiger charge is 2.33. The maximum Gasteiger partial charge on any atom is 0.233 e. The molecule has 2 heterocycles. The summed E-state index contributed by atoms with van der Waals surface area (Å²) in [6.07, 6.45) is 5.53. The van der Waals surface area contributed by atoms with Crippen molar-refractivity contribution in [3.05, 3.63) is 17.8 Å².